The van der Waals surface area contributed by atoms with Crippen LogP contribution in [-0.2, 0) is 6.61 Å². The van der Waals surface area contributed by atoms with E-state index in [1.807, 2.05) is 13.0 Å². The molecule has 0 aliphatic rings. The third-order valence-electron chi connectivity index (χ3n) is 2.76. The topological polar surface area (TPSA) is 42.4 Å². The van der Waals surface area contributed by atoms with E-state index in [9.17, 15) is 5.11 Å². The minimum Gasteiger partial charge on any atom is -0.487 e. The van der Waals surface area contributed by atoms with Crippen molar-refractivity contribution in [3.05, 3.63) is 58.4 Å². The summed E-state index contributed by atoms with van der Waals surface area (Å²) < 4.78 is 5.66. The molecule has 0 aliphatic carbocycles. The van der Waals surface area contributed by atoms with Crippen LogP contribution in [0.2, 0.25) is 5.02 Å². The largest absolute Gasteiger partial charge is 0.487 e. The number of ether oxygens (including phenoxy) is 1. The fraction of sp³-hybridized carbons (Fsp3) is 0.267. The second-order valence-corrected chi connectivity index (χ2v) is 4.93. The summed E-state index contributed by atoms with van der Waals surface area (Å²) in [7, 11) is 0. The van der Waals surface area contributed by atoms with Crippen LogP contribution in [0, 0.1) is 6.92 Å². The summed E-state index contributed by atoms with van der Waals surface area (Å²) in [6.45, 7) is 4.11. The van der Waals surface area contributed by atoms with Gasteiger partial charge >= 0.3 is 0 Å². The first kappa shape index (κ1) is 13.8. The van der Waals surface area contributed by atoms with Crippen LogP contribution in [0.4, 0.5) is 0 Å². The summed E-state index contributed by atoms with van der Waals surface area (Å²) in [6.07, 6.45) is 3.03. The van der Waals surface area contributed by atoms with Crippen molar-refractivity contribution in [3.8, 4) is 5.75 Å². The number of aryl methyl sites for hydroxylation is 1. The molecule has 0 bridgehead atoms. The molecular weight excluding hydrogens is 262 g/mol. The van der Waals surface area contributed by atoms with Gasteiger partial charge in [-0.25, -0.2) is 0 Å². The number of aliphatic hydroxyl groups excluding tert-OH is 1. The van der Waals surface area contributed by atoms with Crippen molar-refractivity contribution < 1.29 is 9.84 Å². The maximum atomic E-state index is 9.47. The average molecular weight is 278 g/mol. The molecule has 0 fully saturated rings. The van der Waals surface area contributed by atoms with E-state index in [0.29, 0.717) is 17.4 Å². The zero-order valence-corrected chi connectivity index (χ0v) is 11.7. The van der Waals surface area contributed by atoms with Crippen LogP contribution in [0.1, 0.15) is 29.7 Å². The van der Waals surface area contributed by atoms with Crippen molar-refractivity contribution in [2.45, 2.75) is 26.6 Å². The Hall–Kier alpha value is -1.58. The molecule has 2 aromatic rings. The number of nitrogens with zero attached hydrogens (tertiary/aromatic N) is 1. The third kappa shape index (κ3) is 3.69. The number of halogens is 1. The second kappa shape index (κ2) is 6.04. The maximum absolute atomic E-state index is 9.47. The number of aliphatic hydroxyl groups is 1. The molecule has 0 aliphatic heterocycles. The molecule has 0 saturated heterocycles. The van der Waals surface area contributed by atoms with E-state index in [1.54, 1.807) is 37.5 Å². The van der Waals surface area contributed by atoms with Gasteiger partial charge in [0.2, 0.25) is 0 Å². The van der Waals surface area contributed by atoms with Gasteiger partial charge in [-0.05, 0) is 43.2 Å². The van der Waals surface area contributed by atoms with E-state index < -0.39 is 6.10 Å². The van der Waals surface area contributed by atoms with Gasteiger partial charge in [-0.3, -0.25) is 4.98 Å². The molecule has 0 saturated carbocycles. The molecule has 4 heteroatoms. The maximum Gasteiger partial charge on any atom is 0.138 e. The van der Waals surface area contributed by atoms with Gasteiger partial charge in [0, 0.05) is 18.0 Å². The molecule has 1 atom stereocenters. The first-order valence-corrected chi connectivity index (χ1v) is 6.45. The molecule has 0 amide bonds. The van der Waals surface area contributed by atoms with Gasteiger partial charge < -0.3 is 9.84 Å². The Balaban J connectivity index is 2.07. The number of aromatic nitrogens is 1. The summed E-state index contributed by atoms with van der Waals surface area (Å²) in [5.41, 5.74) is 2.86. The lowest BCUT2D eigenvalue weighted by molar-refractivity contribution is 0.199. The number of rotatable bonds is 4. The van der Waals surface area contributed by atoms with Crippen LogP contribution in [0.15, 0.2) is 36.7 Å². The summed E-state index contributed by atoms with van der Waals surface area (Å²) in [6, 6.07) is 7.31. The van der Waals surface area contributed by atoms with E-state index in [4.69, 9.17) is 16.3 Å². The monoisotopic (exact) mass is 277 g/mol. The first-order chi connectivity index (χ1) is 9.06. The van der Waals surface area contributed by atoms with Gasteiger partial charge in [-0.2, -0.15) is 0 Å². The van der Waals surface area contributed by atoms with Gasteiger partial charge in [-0.15, -0.1) is 0 Å². The summed E-state index contributed by atoms with van der Waals surface area (Å²) in [5.74, 6) is 0.604. The predicted molar refractivity (Wildman–Crippen MR) is 75.4 cm³/mol. The molecule has 1 N–H and O–H groups in total. The van der Waals surface area contributed by atoms with Gasteiger partial charge in [0.25, 0.3) is 0 Å². The lowest BCUT2D eigenvalue weighted by atomic mass is 10.1. The SMILES string of the molecule is Cc1cncc(COc2ccc([C@H](C)O)cc2Cl)c1. The zero-order chi connectivity index (χ0) is 13.8. The number of hydrogen-bond acceptors (Lipinski definition) is 3. The van der Waals surface area contributed by atoms with Crippen LogP contribution < -0.4 is 4.74 Å². The van der Waals surface area contributed by atoms with Crippen LogP contribution in [-0.4, -0.2) is 10.1 Å². The van der Waals surface area contributed by atoms with Crippen molar-refractivity contribution in [2.24, 2.45) is 0 Å². The van der Waals surface area contributed by atoms with Crippen LogP contribution in [0.5, 0.6) is 5.75 Å². The van der Waals surface area contributed by atoms with Gasteiger partial charge in [0.1, 0.15) is 12.4 Å². The van der Waals surface area contributed by atoms with Crippen molar-refractivity contribution in [2.75, 3.05) is 0 Å². The van der Waals surface area contributed by atoms with Crippen molar-refractivity contribution >= 4 is 11.6 Å². The summed E-state index contributed by atoms with van der Waals surface area (Å²) in [5, 5.41) is 9.97. The lowest BCUT2D eigenvalue weighted by Crippen LogP contribution is -1.98. The first-order valence-electron chi connectivity index (χ1n) is 6.07. The molecular formula is C15H16ClNO2. The average Bonchev–Trinajstić information content (AvgIpc) is 2.37. The zero-order valence-electron chi connectivity index (χ0n) is 10.9. The molecule has 1 aromatic heterocycles. The highest BCUT2D eigenvalue weighted by atomic mass is 35.5. The Morgan fingerprint density at radius 2 is 2.11 bits per heavy atom. The molecule has 0 unspecified atom stereocenters. The Labute approximate surface area is 117 Å². The van der Waals surface area contributed by atoms with E-state index in [-0.39, 0.29) is 0 Å². The smallest absolute Gasteiger partial charge is 0.138 e. The van der Waals surface area contributed by atoms with Crippen LogP contribution in [0.3, 0.4) is 0 Å². The molecule has 1 aromatic carbocycles. The Bertz CT molecular complexity index is 570. The molecule has 0 radical (unpaired) electrons. The van der Waals surface area contributed by atoms with Gasteiger partial charge in [-0.1, -0.05) is 17.7 Å². The van der Waals surface area contributed by atoms with E-state index in [1.165, 1.54) is 0 Å². The van der Waals surface area contributed by atoms with Crippen molar-refractivity contribution in [1.82, 2.24) is 4.98 Å². The Morgan fingerprint density at radius 1 is 1.32 bits per heavy atom. The van der Waals surface area contributed by atoms with Crippen molar-refractivity contribution in [1.29, 1.82) is 0 Å². The van der Waals surface area contributed by atoms with Gasteiger partial charge in [0.05, 0.1) is 11.1 Å². The number of benzene rings is 1. The predicted octanol–water partition coefficient (Wildman–Crippen LogP) is 3.68. The standard InChI is InChI=1S/C15H16ClNO2/c1-10-5-12(8-17-7-10)9-19-15-4-3-13(11(2)18)6-14(15)16/h3-8,11,18H,9H2,1-2H3/t11-/m0/s1. The fourth-order valence-electron chi connectivity index (χ4n) is 1.75. The van der Waals surface area contributed by atoms with Crippen LogP contribution in [0.25, 0.3) is 0 Å². The van der Waals surface area contributed by atoms with E-state index in [0.717, 1.165) is 16.7 Å². The van der Waals surface area contributed by atoms with E-state index in [2.05, 4.69) is 4.98 Å². The molecule has 19 heavy (non-hydrogen) atoms. The molecule has 3 nitrogen and oxygen atoms in total. The minimum absolute atomic E-state index is 0.419. The fourth-order valence-corrected chi connectivity index (χ4v) is 2.00. The second-order valence-electron chi connectivity index (χ2n) is 4.53. The normalized spacial score (nSPS) is 12.2. The van der Waals surface area contributed by atoms with Crippen molar-refractivity contribution in [3.63, 3.8) is 0 Å². The quantitative estimate of drug-likeness (QED) is 0.927. The number of hydrogen-bond donors (Lipinski definition) is 1. The van der Waals surface area contributed by atoms with Gasteiger partial charge in [0.15, 0.2) is 0 Å². The highest BCUT2D eigenvalue weighted by Gasteiger charge is 2.07. The molecule has 2 rings (SSSR count). The summed E-state index contributed by atoms with van der Waals surface area (Å²) >= 11 is 6.12. The molecule has 100 valence electrons. The molecule has 0 spiro atoms. The molecule has 1 heterocycles. The Morgan fingerprint density at radius 3 is 2.74 bits per heavy atom. The third-order valence-corrected chi connectivity index (χ3v) is 3.06. The summed E-state index contributed by atoms with van der Waals surface area (Å²) in [4.78, 5) is 4.11. The number of pyridine rings is 1. The van der Waals surface area contributed by atoms with Crippen LogP contribution >= 0.6 is 11.6 Å². The highest BCUT2D eigenvalue weighted by Crippen LogP contribution is 2.28. The lowest BCUT2D eigenvalue weighted by Gasteiger charge is -2.11. The minimum atomic E-state index is -0.535. The highest BCUT2D eigenvalue weighted by molar-refractivity contribution is 6.32. The Kier molecular flexibility index (Phi) is 4.40. The van der Waals surface area contributed by atoms with E-state index >= 15 is 0 Å².